The molecule has 104 valence electrons. The van der Waals surface area contributed by atoms with Gasteiger partial charge in [0, 0.05) is 6.07 Å². The molecule has 0 aromatic heterocycles. The van der Waals surface area contributed by atoms with Gasteiger partial charge >= 0.3 is 0 Å². The Morgan fingerprint density at radius 2 is 2.00 bits per heavy atom. The summed E-state index contributed by atoms with van der Waals surface area (Å²) in [4.78, 5) is 22.0. The molecular weight excluding hydrogens is 268 g/mol. The van der Waals surface area contributed by atoms with Crippen LogP contribution in [-0.4, -0.2) is 16.7 Å². The molecule has 0 heterocycles. The maximum absolute atomic E-state index is 11.5. The Labute approximate surface area is 117 Å². The summed E-state index contributed by atoms with van der Waals surface area (Å²) in [6.07, 6.45) is 0. The van der Waals surface area contributed by atoms with E-state index in [0.717, 1.165) is 5.56 Å². The minimum Gasteiger partial charge on any atom is -0.324 e. The molecule has 6 heteroatoms. The molecule has 1 rings (SSSR count). The number of nitrogens with one attached hydrogen (secondary N) is 1. The number of nitrogens with zero attached hydrogens (tertiary/aromatic N) is 1. The lowest BCUT2D eigenvalue weighted by atomic mass is 9.84. The van der Waals surface area contributed by atoms with Crippen LogP contribution >= 0.6 is 11.6 Å². The molecule has 0 fully saturated rings. The molecule has 0 radical (unpaired) electrons. The number of hydrogen-bond donors (Lipinski definition) is 1. The number of nitro benzene ring substituents is 1. The maximum Gasteiger partial charge on any atom is 0.274 e. The zero-order valence-electron chi connectivity index (χ0n) is 11.4. The predicted octanol–water partition coefficient (Wildman–Crippen LogP) is 3.38. The fraction of sp³-hybridized carbons (Fsp3) is 0.462. The Bertz CT molecular complexity index is 521. The molecule has 0 spiro atoms. The molecule has 1 amide bonds. The van der Waals surface area contributed by atoms with Gasteiger partial charge in [-0.3, -0.25) is 14.9 Å². The van der Waals surface area contributed by atoms with Crippen molar-refractivity contribution < 1.29 is 9.72 Å². The average molecular weight is 285 g/mol. The highest BCUT2D eigenvalue weighted by Gasteiger charge is 2.25. The van der Waals surface area contributed by atoms with Crippen LogP contribution in [0.4, 0.5) is 11.4 Å². The van der Waals surface area contributed by atoms with E-state index in [4.69, 9.17) is 11.6 Å². The lowest BCUT2D eigenvalue weighted by molar-refractivity contribution is -0.385. The minimum absolute atomic E-state index is 0.0159. The van der Waals surface area contributed by atoms with Crippen molar-refractivity contribution in [3.8, 4) is 0 Å². The Hall–Kier alpha value is -1.62. The van der Waals surface area contributed by atoms with E-state index in [1.54, 1.807) is 13.0 Å². The topological polar surface area (TPSA) is 72.2 Å². The average Bonchev–Trinajstić information content (AvgIpc) is 2.29. The number of halogens is 1. The van der Waals surface area contributed by atoms with Crippen molar-refractivity contribution in [3.63, 3.8) is 0 Å². The summed E-state index contributed by atoms with van der Waals surface area (Å²) >= 11 is 5.48. The lowest BCUT2D eigenvalue weighted by Gasteiger charge is -2.24. The van der Waals surface area contributed by atoms with Crippen molar-refractivity contribution in [3.05, 3.63) is 33.4 Å². The number of anilines is 1. The highest BCUT2D eigenvalue weighted by molar-refractivity contribution is 6.29. The number of benzene rings is 1. The van der Waals surface area contributed by atoms with E-state index in [9.17, 15) is 14.9 Å². The second-order valence-corrected chi connectivity index (χ2v) is 5.59. The first-order chi connectivity index (χ1) is 8.68. The third-order valence-electron chi connectivity index (χ3n) is 2.83. The van der Waals surface area contributed by atoms with Crippen LogP contribution in [0.3, 0.4) is 0 Å². The SMILES string of the molecule is Cc1c([N+](=O)[O-])ccc(C(C)(C)C)c1NC(=O)CCl. The van der Waals surface area contributed by atoms with Crippen molar-refractivity contribution >= 4 is 28.9 Å². The standard InChI is InChI=1S/C13H17ClN2O3/c1-8-10(16(18)19)6-5-9(13(2,3)4)12(8)15-11(17)7-14/h5-6H,7H2,1-4H3,(H,15,17). The van der Waals surface area contributed by atoms with Gasteiger partial charge in [-0.15, -0.1) is 11.6 Å². The molecule has 5 nitrogen and oxygen atoms in total. The first kappa shape index (κ1) is 15.4. The molecule has 0 aliphatic heterocycles. The van der Waals surface area contributed by atoms with Crippen LogP contribution in [0.15, 0.2) is 12.1 Å². The highest BCUT2D eigenvalue weighted by Crippen LogP contribution is 2.36. The van der Waals surface area contributed by atoms with Crippen molar-refractivity contribution in [2.24, 2.45) is 0 Å². The zero-order chi connectivity index (χ0) is 14.8. The number of hydrogen-bond acceptors (Lipinski definition) is 3. The van der Waals surface area contributed by atoms with Crippen LogP contribution < -0.4 is 5.32 Å². The van der Waals surface area contributed by atoms with Gasteiger partial charge in [0.05, 0.1) is 16.2 Å². The molecule has 0 aliphatic carbocycles. The molecule has 0 saturated heterocycles. The molecule has 19 heavy (non-hydrogen) atoms. The Morgan fingerprint density at radius 3 is 2.42 bits per heavy atom. The maximum atomic E-state index is 11.5. The van der Waals surface area contributed by atoms with Crippen molar-refractivity contribution in [1.82, 2.24) is 0 Å². The number of amides is 1. The van der Waals surface area contributed by atoms with Gasteiger partial charge in [-0.2, -0.15) is 0 Å². The summed E-state index contributed by atoms with van der Waals surface area (Å²) in [5.41, 5.74) is 1.50. The minimum atomic E-state index is -0.460. The third kappa shape index (κ3) is 3.44. The number of carbonyl (C=O) groups is 1. The van der Waals surface area contributed by atoms with Gasteiger partial charge < -0.3 is 5.32 Å². The van der Waals surface area contributed by atoms with E-state index >= 15 is 0 Å². The molecule has 0 unspecified atom stereocenters. The van der Waals surface area contributed by atoms with Crippen LogP contribution in [0, 0.1) is 17.0 Å². The molecule has 1 aromatic carbocycles. The largest absolute Gasteiger partial charge is 0.324 e. The zero-order valence-corrected chi connectivity index (χ0v) is 12.2. The Balaban J connectivity index is 3.46. The predicted molar refractivity (Wildman–Crippen MR) is 75.9 cm³/mol. The van der Waals surface area contributed by atoms with Crippen molar-refractivity contribution in [2.45, 2.75) is 33.1 Å². The molecule has 0 aliphatic rings. The van der Waals surface area contributed by atoms with Gasteiger partial charge in [-0.1, -0.05) is 20.8 Å². The number of carbonyl (C=O) groups excluding carboxylic acids is 1. The van der Waals surface area contributed by atoms with Gasteiger partial charge in [0.25, 0.3) is 5.69 Å². The van der Waals surface area contributed by atoms with Gasteiger partial charge in [0.2, 0.25) is 5.91 Å². The van der Waals surface area contributed by atoms with E-state index in [-0.39, 0.29) is 22.9 Å². The first-order valence-electron chi connectivity index (χ1n) is 5.82. The highest BCUT2D eigenvalue weighted by atomic mass is 35.5. The van der Waals surface area contributed by atoms with Crippen molar-refractivity contribution in [1.29, 1.82) is 0 Å². The van der Waals surface area contributed by atoms with Crippen LogP contribution in [0.5, 0.6) is 0 Å². The normalized spacial score (nSPS) is 11.2. The summed E-state index contributed by atoms with van der Waals surface area (Å²) in [5.74, 6) is -0.568. The Kier molecular flexibility index (Phi) is 4.52. The molecular formula is C13H17ClN2O3. The lowest BCUT2D eigenvalue weighted by Crippen LogP contribution is -2.20. The smallest absolute Gasteiger partial charge is 0.274 e. The fourth-order valence-corrected chi connectivity index (χ4v) is 1.92. The molecule has 0 atom stereocenters. The second kappa shape index (κ2) is 5.57. The van der Waals surface area contributed by atoms with Gasteiger partial charge in [-0.25, -0.2) is 0 Å². The number of alkyl halides is 1. The summed E-state index contributed by atoms with van der Waals surface area (Å²) in [7, 11) is 0. The summed E-state index contributed by atoms with van der Waals surface area (Å²) < 4.78 is 0. The molecule has 0 saturated carbocycles. The van der Waals surface area contributed by atoms with Crippen LogP contribution in [-0.2, 0) is 10.2 Å². The summed E-state index contributed by atoms with van der Waals surface area (Å²) in [6, 6.07) is 3.14. The van der Waals surface area contributed by atoms with Gasteiger partial charge in [0.1, 0.15) is 5.88 Å². The summed E-state index contributed by atoms with van der Waals surface area (Å²) in [6.45, 7) is 7.55. The van der Waals surface area contributed by atoms with E-state index in [2.05, 4.69) is 5.32 Å². The van der Waals surface area contributed by atoms with Crippen LogP contribution in [0.2, 0.25) is 0 Å². The van der Waals surface area contributed by atoms with Gasteiger partial charge in [-0.05, 0) is 24.0 Å². The van der Waals surface area contributed by atoms with E-state index in [1.165, 1.54) is 6.07 Å². The van der Waals surface area contributed by atoms with Crippen LogP contribution in [0.1, 0.15) is 31.9 Å². The number of rotatable bonds is 3. The summed E-state index contributed by atoms with van der Waals surface area (Å²) in [5, 5.41) is 13.6. The monoisotopic (exact) mass is 284 g/mol. The Morgan fingerprint density at radius 1 is 1.42 bits per heavy atom. The fourth-order valence-electron chi connectivity index (χ4n) is 1.86. The van der Waals surface area contributed by atoms with Gasteiger partial charge in [0.15, 0.2) is 0 Å². The first-order valence-corrected chi connectivity index (χ1v) is 6.36. The molecule has 0 bridgehead atoms. The van der Waals surface area contributed by atoms with E-state index in [0.29, 0.717) is 11.3 Å². The number of nitro groups is 1. The van der Waals surface area contributed by atoms with Crippen molar-refractivity contribution in [2.75, 3.05) is 11.2 Å². The quantitative estimate of drug-likeness (QED) is 0.525. The van der Waals surface area contributed by atoms with Crippen LogP contribution in [0.25, 0.3) is 0 Å². The van der Waals surface area contributed by atoms with E-state index < -0.39 is 4.92 Å². The molecule has 1 N–H and O–H groups in total. The second-order valence-electron chi connectivity index (χ2n) is 5.32. The molecule has 1 aromatic rings. The third-order valence-corrected chi connectivity index (χ3v) is 3.07. The van der Waals surface area contributed by atoms with E-state index in [1.807, 2.05) is 20.8 Å².